The van der Waals surface area contributed by atoms with Gasteiger partial charge in [-0.3, -0.25) is 14.5 Å². The van der Waals surface area contributed by atoms with Crippen molar-refractivity contribution in [3.8, 4) is 11.5 Å². The Kier molecular flexibility index (Phi) is 6.90. The Morgan fingerprint density at radius 1 is 1.28 bits per heavy atom. The minimum Gasteiger partial charge on any atom is -0.508 e. The van der Waals surface area contributed by atoms with Gasteiger partial charge < -0.3 is 15.2 Å². The van der Waals surface area contributed by atoms with E-state index < -0.39 is 0 Å². The summed E-state index contributed by atoms with van der Waals surface area (Å²) in [5.74, 6) is 0.343. The quantitative estimate of drug-likeness (QED) is 0.522. The number of rotatable bonds is 7. The zero-order valence-corrected chi connectivity index (χ0v) is 17.4. The number of nitrogens with zero attached hydrogens (tertiary/aromatic N) is 1. The summed E-state index contributed by atoms with van der Waals surface area (Å²) in [4.78, 5) is 26.7. The van der Waals surface area contributed by atoms with Crippen molar-refractivity contribution < 1.29 is 19.4 Å². The monoisotopic (exact) mass is 428 g/mol. The van der Waals surface area contributed by atoms with E-state index in [4.69, 9.17) is 17.0 Å². The van der Waals surface area contributed by atoms with Crippen LogP contribution < -0.4 is 10.1 Å². The van der Waals surface area contributed by atoms with Crippen molar-refractivity contribution in [3.05, 3.63) is 64.6 Å². The van der Waals surface area contributed by atoms with E-state index in [1.54, 1.807) is 37.5 Å². The molecule has 2 aromatic carbocycles. The first kappa shape index (κ1) is 20.9. The molecule has 8 heteroatoms. The number of thiocarbonyl (C=S) groups is 1. The summed E-state index contributed by atoms with van der Waals surface area (Å²) in [6.45, 7) is 0.313. The maximum Gasteiger partial charge on any atom is 0.266 e. The number of thioether (sulfide) groups is 1. The number of phenolic OH excluding ortho intramolecular Hbond substituents is 1. The molecule has 0 bridgehead atoms. The summed E-state index contributed by atoms with van der Waals surface area (Å²) in [5.41, 5.74) is 1.82. The Balaban J connectivity index is 1.55. The van der Waals surface area contributed by atoms with Crippen molar-refractivity contribution in [3.63, 3.8) is 0 Å². The maximum absolute atomic E-state index is 12.7. The van der Waals surface area contributed by atoms with Crippen LogP contribution >= 0.6 is 24.0 Å². The highest BCUT2D eigenvalue weighted by molar-refractivity contribution is 8.26. The molecular weight excluding hydrogens is 408 g/mol. The number of benzene rings is 2. The zero-order chi connectivity index (χ0) is 20.8. The number of nitrogens with one attached hydrogen (secondary N) is 1. The zero-order valence-electron chi connectivity index (χ0n) is 15.8. The smallest absolute Gasteiger partial charge is 0.266 e. The van der Waals surface area contributed by atoms with Gasteiger partial charge in [0.2, 0.25) is 5.91 Å². The number of phenols is 1. The van der Waals surface area contributed by atoms with E-state index in [0.29, 0.717) is 27.9 Å². The second kappa shape index (κ2) is 9.58. The lowest BCUT2D eigenvalue weighted by molar-refractivity contribution is -0.128. The molecule has 0 aliphatic carbocycles. The highest BCUT2D eigenvalue weighted by atomic mass is 32.2. The van der Waals surface area contributed by atoms with Crippen LogP contribution in [-0.2, 0) is 16.0 Å². The molecule has 3 rings (SSSR count). The average molecular weight is 429 g/mol. The fourth-order valence-electron chi connectivity index (χ4n) is 2.73. The van der Waals surface area contributed by atoms with Crippen LogP contribution in [0.25, 0.3) is 6.08 Å². The van der Waals surface area contributed by atoms with Crippen LogP contribution in [0.4, 0.5) is 0 Å². The number of carbonyl (C=O) groups excluding carboxylic acids is 2. The van der Waals surface area contributed by atoms with E-state index in [2.05, 4.69) is 5.32 Å². The topological polar surface area (TPSA) is 78.9 Å². The van der Waals surface area contributed by atoms with Gasteiger partial charge in [-0.05, 0) is 47.9 Å². The number of ether oxygens (including phenoxy) is 1. The number of methoxy groups -OCH3 is 1. The number of carbonyl (C=O) groups is 2. The molecule has 1 fully saturated rings. The number of hydrogen-bond acceptors (Lipinski definition) is 6. The van der Waals surface area contributed by atoms with Crippen LogP contribution in [0.3, 0.4) is 0 Å². The summed E-state index contributed by atoms with van der Waals surface area (Å²) in [7, 11) is 1.58. The van der Waals surface area contributed by atoms with Gasteiger partial charge in [0.05, 0.1) is 12.0 Å². The Bertz CT molecular complexity index is 957. The predicted octanol–water partition coefficient (Wildman–Crippen LogP) is 2.96. The first-order chi connectivity index (χ1) is 14.0. The molecule has 0 atom stereocenters. The van der Waals surface area contributed by atoms with Gasteiger partial charge in [-0.2, -0.15) is 0 Å². The standard InChI is InChI=1S/C21H20N2O4S2/c1-27-17-4-2-3-15(11-17)12-18-20(26)23(21(28)29-18)13-19(25)22-10-9-14-5-7-16(24)8-6-14/h2-8,11-12,24H,9-10,13H2,1H3,(H,22,25). The van der Waals surface area contributed by atoms with E-state index in [1.165, 1.54) is 16.7 Å². The third-order valence-electron chi connectivity index (χ3n) is 4.24. The minimum absolute atomic E-state index is 0.115. The number of amides is 2. The van der Waals surface area contributed by atoms with Crippen LogP contribution in [0.5, 0.6) is 11.5 Å². The first-order valence-electron chi connectivity index (χ1n) is 8.90. The van der Waals surface area contributed by atoms with Gasteiger partial charge in [0.15, 0.2) is 0 Å². The van der Waals surface area contributed by atoms with Crippen LogP contribution in [0.2, 0.25) is 0 Å². The van der Waals surface area contributed by atoms with E-state index >= 15 is 0 Å². The molecule has 6 nitrogen and oxygen atoms in total. The summed E-state index contributed by atoms with van der Waals surface area (Å²) in [6, 6.07) is 14.2. The summed E-state index contributed by atoms with van der Waals surface area (Å²) in [5, 5.41) is 12.1. The largest absolute Gasteiger partial charge is 0.508 e. The molecule has 1 aliphatic rings. The lowest BCUT2D eigenvalue weighted by Crippen LogP contribution is -2.40. The molecule has 0 saturated carbocycles. The molecule has 2 amide bonds. The Labute approximate surface area is 178 Å². The van der Waals surface area contributed by atoms with Crippen molar-refractivity contribution in [2.24, 2.45) is 0 Å². The molecule has 150 valence electrons. The Morgan fingerprint density at radius 2 is 2.03 bits per heavy atom. The van der Waals surface area contributed by atoms with Crippen molar-refractivity contribution in [1.82, 2.24) is 10.2 Å². The van der Waals surface area contributed by atoms with E-state index in [-0.39, 0.29) is 24.1 Å². The van der Waals surface area contributed by atoms with Gasteiger partial charge in [0, 0.05) is 6.54 Å². The summed E-state index contributed by atoms with van der Waals surface area (Å²) in [6.07, 6.45) is 2.37. The van der Waals surface area contributed by atoms with Crippen LogP contribution in [-0.4, -0.2) is 46.3 Å². The molecule has 1 saturated heterocycles. The lowest BCUT2D eigenvalue weighted by atomic mass is 10.1. The van der Waals surface area contributed by atoms with Gasteiger partial charge >= 0.3 is 0 Å². The minimum atomic E-state index is -0.281. The van der Waals surface area contributed by atoms with E-state index in [9.17, 15) is 14.7 Å². The molecule has 0 aromatic heterocycles. The van der Waals surface area contributed by atoms with E-state index in [1.807, 2.05) is 24.3 Å². The molecule has 1 aliphatic heterocycles. The van der Waals surface area contributed by atoms with Crippen LogP contribution in [0.15, 0.2) is 53.4 Å². The van der Waals surface area contributed by atoms with Crippen molar-refractivity contribution in [2.75, 3.05) is 20.2 Å². The Hall–Kier alpha value is -2.84. The SMILES string of the molecule is COc1cccc(C=C2SC(=S)N(CC(=O)NCCc3ccc(O)cc3)C2=O)c1. The van der Waals surface area contributed by atoms with Crippen molar-refractivity contribution >= 4 is 46.2 Å². The molecular formula is C21H20N2O4S2. The third-order valence-corrected chi connectivity index (χ3v) is 5.62. The van der Waals surface area contributed by atoms with Crippen LogP contribution in [0.1, 0.15) is 11.1 Å². The normalized spacial score (nSPS) is 15.1. The molecule has 2 N–H and O–H groups in total. The molecule has 0 unspecified atom stereocenters. The highest BCUT2D eigenvalue weighted by Gasteiger charge is 2.33. The van der Waals surface area contributed by atoms with Gasteiger partial charge in [-0.25, -0.2) is 0 Å². The average Bonchev–Trinajstić information content (AvgIpc) is 2.97. The summed E-state index contributed by atoms with van der Waals surface area (Å²) >= 11 is 6.46. The highest BCUT2D eigenvalue weighted by Crippen LogP contribution is 2.32. The van der Waals surface area contributed by atoms with E-state index in [0.717, 1.165) is 11.1 Å². The molecule has 0 spiro atoms. The maximum atomic E-state index is 12.7. The predicted molar refractivity (Wildman–Crippen MR) is 118 cm³/mol. The second-order valence-electron chi connectivity index (χ2n) is 6.31. The fourth-order valence-corrected chi connectivity index (χ4v) is 3.98. The van der Waals surface area contributed by atoms with Gasteiger partial charge in [-0.1, -0.05) is 48.2 Å². The molecule has 2 aromatic rings. The lowest BCUT2D eigenvalue weighted by Gasteiger charge is -2.14. The van der Waals surface area contributed by atoms with Crippen LogP contribution in [0, 0.1) is 0 Å². The number of hydrogen-bond donors (Lipinski definition) is 2. The molecule has 0 radical (unpaired) electrons. The Morgan fingerprint density at radius 3 is 2.76 bits per heavy atom. The molecule has 29 heavy (non-hydrogen) atoms. The van der Waals surface area contributed by atoms with Gasteiger partial charge in [-0.15, -0.1) is 0 Å². The molecule has 1 heterocycles. The number of aromatic hydroxyl groups is 1. The van der Waals surface area contributed by atoms with Crippen molar-refractivity contribution in [2.45, 2.75) is 6.42 Å². The second-order valence-corrected chi connectivity index (χ2v) is 7.99. The van der Waals surface area contributed by atoms with Gasteiger partial charge in [0.25, 0.3) is 5.91 Å². The third kappa shape index (κ3) is 5.58. The van der Waals surface area contributed by atoms with Crippen molar-refractivity contribution in [1.29, 1.82) is 0 Å². The first-order valence-corrected chi connectivity index (χ1v) is 10.1. The summed E-state index contributed by atoms with van der Waals surface area (Å²) < 4.78 is 5.55. The van der Waals surface area contributed by atoms with Gasteiger partial charge in [0.1, 0.15) is 22.4 Å². The fraction of sp³-hybridized carbons (Fsp3) is 0.190.